The Morgan fingerprint density at radius 2 is 1.38 bits per heavy atom. The van der Waals surface area contributed by atoms with Crippen LogP contribution < -0.4 is 20.8 Å². The minimum absolute atomic E-state index is 0.0314. The minimum Gasteiger partial charge on any atom is -0.801 e. The van der Waals surface area contributed by atoms with E-state index in [1.54, 1.807) is 13.8 Å². The fourth-order valence-corrected chi connectivity index (χ4v) is 4.45. The highest BCUT2D eigenvalue weighted by molar-refractivity contribution is 8.09. The Morgan fingerprint density at radius 1 is 0.846 bits per heavy atom. The average molecular weight is 579 g/mol. The molecule has 1 atom stereocenters. The standard InChI is InChI=1S/C28H42N3O6PS/c1-6-9-12-24(32)14-17-28(18-15-25(33)29-20-7-2,19-16-26(34)30-21-8-3)31-27(35)13-10-11-22-37-38(36,39)23(4)5/h1-3,23H,9-22H2,4-5H3,(H,29,33)(H,30,34)(H,31,35)(H,36,39)/p-1. The quantitative estimate of drug-likeness (QED) is 0.108. The van der Waals surface area contributed by atoms with Crippen LogP contribution in [0.4, 0.5) is 0 Å². The van der Waals surface area contributed by atoms with Crippen molar-refractivity contribution in [3.8, 4) is 37.0 Å². The number of rotatable bonds is 21. The van der Waals surface area contributed by atoms with Gasteiger partial charge in [-0.3, -0.25) is 19.2 Å². The van der Waals surface area contributed by atoms with Gasteiger partial charge in [-0.05, 0) is 44.3 Å². The molecule has 0 aliphatic heterocycles. The maximum Gasteiger partial charge on any atom is 0.220 e. The second-order valence-electron chi connectivity index (χ2n) is 9.46. The molecule has 0 bridgehead atoms. The van der Waals surface area contributed by atoms with Gasteiger partial charge in [-0.1, -0.05) is 37.5 Å². The summed E-state index contributed by atoms with van der Waals surface area (Å²) in [5.74, 6) is 6.10. The zero-order valence-corrected chi connectivity index (χ0v) is 24.7. The molecule has 0 aromatic carbocycles. The van der Waals surface area contributed by atoms with Gasteiger partial charge in [0.1, 0.15) is 5.78 Å². The van der Waals surface area contributed by atoms with Crippen molar-refractivity contribution in [2.24, 2.45) is 0 Å². The summed E-state index contributed by atoms with van der Waals surface area (Å²) in [6.07, 6.45) is 18.0. The van der Waals surface area contributed by atoms with Crippen LogP contribution in [-0.2, 0) is 35.5 Å². The SMILES string of the molecule is C#CCCC(=O)CCC(CCC(=O)NCC#C)(CCC(=O)NCC#C)NC(=O)CCCCOP([O-])(=S)C(C)C. The first-order valence-electron chi connectivity index (χ1n) is 13.0. The van der Waals surface area contributed by atoms with Crippen LogP contribution in [0.15, 0.2) is 0 Å². The van der Waals surface area contributed by atoms with Crippen LogP contribution in [0.2, 0.25) is 0 Å². The summed E-state index contributed by atoms with van der Waals surface area (Å²) in [5.41, 5.74) is -1.27. The highest BCUT2D eigenvalue weighted by atomic mass is 32.5. The van der Waals surface area contributed by atoms with Gasteiger partial charge in [-0.25, -0.2) is 0 Å². The molecule has 3 N–H and O–H groups in total. The summed E-state index contributed by atoms with van der Waals surface area (Å²) in [6, 6.07) is 0. The molecule has 9 nitrogen and oxygen atoms in total. The van der Waals surface area contributed by atoms with Crippen molar-refractivity contribution in [2.45, 2.75) is 95.7 Å². The Kier molecular flexibility index (Phi) is 18.9. The van der Waals surface area contributed by atoms with E-state index in [0.717, 1.165) is 0 Å². The molecule has 0 radical (unpaired) electrons. The van der Waals surface area contributed by atoms with Crippen molar-refractivity contribution in [3.05, 3.63) is 0 Å². The third-order valence-corrected chi connectivity index (χ3v) is 9.36. The van der Waals surface area contributed by atoms with E-state index < -0.39 is 12.0 Å². The summed E-state index contributed by atoms with van der Waals surface area (Å²) in [4.78, 5) is 62.2. The largest absolute Gasteiger partial charge is 0.801 e. The third-order valence-electron chi connectivity index (χ3n) is 5.97. The van der Waals surface area contributed by atoms with Crippen molar-refractivity contribution in [2.75, 3.05) is 19.7 Å². The number of nitrogens with one attached hydrogen (secondary N) is 3. The highest BCUT2D eigenvalue weighted by Crippen LogP contribution is 2.42. The number of terminal acetylenes is 3. The molecule has 0 saturated carbocycles. The summed E-state index contributed by atoms with van der Waals surface area (Å²) < 4.78 is 5.34. The minimum atomic E-state index is -3.10. The van der Waals surface area contributed by atoms with Gasteiger partial charge in [0, 0.05) is 44.1 Å². The van der Waals surface area contributed by atoms with Crippen LogP contribution >= 0.6 is 6.49 Å². The zero-order chi connectivity index (χ0) is 29.7. The van der Waals surface area contributed by atoms with Gasteiger partial charge in [-0.2, -0.15) is 0 Å². The average Bonchev–Trinajstić information content (AvgIpc) is 2.89. The van der Waals surface area contributed by atoms with Gasteiger partial charge in [0.25, 0.3) is 0 Å². The van der Waals surface area contributed by atoms with Gasteiger partial charge in [-0.15, -0.1) is 25.2 Å². The fourth-order valence-electron chi connectivity index (χ4n) is 3.55. The van der Waals surface area contributed by atoms with Gasteiger partial charge in [0.2, 0.25) is 17.7 Å². The van der Waals surface area contributed by atoms with E-state index in [-0.39, 0.29) is 100 Å². The van der Waals surface area contributed by atoms with E-state index >= 15 is 0 Å². The summed E-state index contributed by atoms with van der Waals surface area (Å²) >= 11 is 5.00. The maximum absolute atomic E-state index is 13.0. The van der Waals surface area contributed by atoms with Gasteiger partial charge < -0.3 is 25.4 Å². The van der Waals surface area contributed by atoms with Crippen LogP contribution in [0.1, 0.15) is 84.5 Å². The molecular formula is C28H41N3O6PS-. The predicted octanol–water partition coefficient (Wildman–Crippen LogP) is 1.93. The van der Waals surface area contributed by atoms with Crippen molar-refractivity contribution in [3.63, 3.8) is 0 Å². The molecule has 0 aliphatic carbocycles. The van der Waals surface area contributed by atoms with Crippen molar-refractivity contribution < 1.29 is 28.6 Å². The molecule has 0 aromatic rings. The van der Waals surface area contributed by atoms with Crippen molar-refractivity contribution >= 4 is 41.8 Å². The molecule has 3 amide bonds. The number of Topliss-reactive ketones (excluding diaryl/α,β-unsaturated/α-hetero) is 1. The first-order chi connectivity index (χ1) is 18.4. The van der Waals surface area contributed by atoms with E-state index in [4.69, 9.17) is 35.6 Å². The Bertz CT molecular complexity index is 909. The molecule has 0 aliphatic rings. The zero-order valence-electron chi connectivity index (χ0n) is 23.0. The normalized spacial score (nSPS) is 12.3. The number of amides is 3. The van der Waals surface area contributed by atoms with Crippen molar-refractivity contribution in [1.82, 2.24) is 16.0 Å². The number of carbonyl (C=O) groups is 4. The Labute approximate surface area is 238 Å². The number of unbranched alkanes of at least 4 members (excludes halogenated alkanes) is 1. The lowest BCUT2D eigenvalue weighted by atomic mass is 9.82. The van der Waals surface area contributed by atoms with Crippen LogP contribution in [-0.4, -0.2) is 54.4 Å². The summed E-state index contributed by atoms with van der Waals surface area (Å²) in [6.45, 7) is 0.662. The lowest BCUT2D eigenvalue weighted by molar-refractivity contribution is -0.184. The molecule has 39 heavy (non-hydrogen) atoms. The Morgan fingerprint density at radius 3 is 1.87 bits per heavy atom. The molecule has 216 valence electrons. The van der Waals surface area contributed by atoms with Crippen LogP contribution in [0.5, 0.6) is 0 Å². The molecule has 0 aromatic heterocycles. The third kappa shape index (κ3) is 17.5. The summed E-state index contributed by atoms with van der Waals surface area (Å²) in [7, 11) is 0. The van der Waals surface area contributed by atoms with Gasteiger partial charge in [0.05, 0.1) is 19.7 Å². The number of carbonyl (C=O) groups excluding carboxylic acids is 4. The van der Waals surface area contributed by atoms with E-state index in [0.29, 0.717) is 19.3 Å². The molecule has 11 heteroatoms. The van der Waals surface area contributed by atoms with E-state index in [1.165, 1.54) is 0 Å². The summed E-state index contributed by atoms with van der Waals surface area (Å²) in [5, 5.41) is 8.18. The molecule has 0 fully saturated rings. The molecule has 0 heterocycles. The lowest BCUT2D eigenvalue weighted by Crippen LogP contribution is -2.50. The Balaban J connectivity index is 5.52. The van der Waals surface area contributed by atoms with E-state index in [1.807, 2.05) is 0 Å². The molecule has 0 saturated heterocycles. The monoisotopic (exact) mass is 578 g/mol. The van der Waals surface area contributed by atoms with Crippen LogP contribution in [0.3, 0.4) is 0 Å². The maximum atomic E-state index is 13.0. The lowest BCUT2D eigenvalue weighted by Gasteiger charge is -2.35. The van der Waals surface area contributed by atoms with Gasteiger partial charge in [0.15, 0.2) is 0 Å². The number of hydrogen-bond acceptors (Lipinski definition) is 7. The van der Waals surface area contributed by atoms with E-state index in [9.17, 15) is 24.1 Å². The Hall–Kier alpha value is -2.67. The number of ketones is 1. The van der Waals surface area contributed by atoms with Crippen LogP contribution in [0, 0.1) is 37.0 Å². The first-order valence-corrected chi connectivity index (χ1v) is 15.7. The number of hydrogen-bond donors (Lipinski definition) is 3. The predicted molar refractivity (Wildman–Crippen MR) is 155 cm³/mol. The highest BCUT2D eigenvalue weighted by Gasteiger charge is 2.33. The van der Waals surface area contributed by atoms with Gasteiger partial charge >= 0.3 is 0 Å². The second-order valence-corrected chi connectivity index (χ2v) is 13.4. The second kappa shape index (κ2) is 20.3. The molecular weight excluding hydrogens is 537 g/mol. The van der Waals surface area contributed by atoms with Crippen LogP contribution in [0.25, 0.3) is 0 Å². The van der Waals surface area contributed by atoms with Crippen molar-refractivity contribution in [1.29, 1.82) is 0 Å². The topological polar surface area (TPSA) is 137 Å². The first kappa shape index (κ1) is 36.3. The molecule has 1 unspecified atom stereocenters. The van der Waals surface area contributed by atoms with E-state index in [2.05, 4.69) is 33.7 Å². The molecule has 0 spiro atoms. The fraction of sp³-hybridized carbons (Fsp3) is 0.643. The molecule has 0 rings (SSSR count). The smallest absolute Gasteiger partial charge is 0.220 e.